The number of benzene rings is 2. The van der Waals surface area contributed by atoms with Gasteiger partial charge in [-0.2, -0.15) is 0 Å². The Morgan fingerprint density at radius 2 is 1.73 bits per heavy atom. The summed E-state index contributed by atoms with van der Waals surface area (Å²) in [7, 11) is 0. The molecule has 0 saturated carbocycles. The Kier molecular flexibility index (Phi) is 6.67. The number of esters is 1. The standard InChI is InChI=1S/C21H23NO4/c1-4-16-8-10-17(11-9-16)19(23)13-26-21(25)15(3)22-20(24)18-7-5-6-14(2)12-18/h5-12,15H,4,13H2,1-3H3,(H,22,24)/t15-/m0/s1. The van der Waals surface area contributed by atoms with Crippen LogP contribution in [0.4, 0.5) is 0 Å². The van der Waals surface area contributed by atoms with E-state index in [-0.39, 0.29) is 18.3 Å². The molecule has 5 heteroatoms. The van der Waals surface area contributed by atoms with Crippen molar-refractivity contribution in [3.05, 3.63) is 70.8 Å². The number of ether oxygens (including phenoxy) is 1. The molecule has 0 aliphatic heterocycles. The van der Waals surface area contributed by atoms with Crippen LogP contribution in [0.2, 0.25) is 0 Å². The summed E-state index contributed by atoms with van der Waals surface area (Å²) >= 11 is 0. The second kappa shape index (κ2) is 8.94. The first-order chi connectivity index (χ1) is 12.4. The van der Waals surface area contributed by atoms with Crippen LogP contribution in [-0.2, 0) is 16.0 Å². The second-order valence-corrected chi connectivity index (χ2v) is 6.15. The van der Waals surface area contributed by atoms with Crippen LogP contribution in [-0.4, -0.2) is 30.3 Å². The van der Waals surface area contributed by atoms with Crippen LogP contribution >= 0.6 is 0 Å². The molecule has 0 fully saturated rings. The summed E-state index contributed by atoms with van der Waals surface area (Å²) in [6.45, 7) is 5.09. The van der Waals surface area contributed by atoms with Gasteiger partial charge in [-0.05, 0) is 38.0 Å². The topological polar surface area (TPSA) is 72.5 Å². The molecule has 0 radical (unpaired) electrons. The van der Waals surface area contributed by atoms with Crippen molar-refractivity contribution in [1.29, 1.82) is 0 Å². The molecule has 0 aliphatic rings. The summed E-state index contributed by atoms with van der Waals surface area (Å²) < 4.78 is 5.03. The molecule has 1 N–H and O–H groups in total. The van der Waals surface area contributed by atoms with Gasteiger partial charge in [0, 0.05) is 11.1 Å². The van der Waals surface area contributed by atoms with Crippen LogP contribution in [0, 0.1) is 6.92 Å². The molecular weight excluding hydrogens is 330 g/mol. The molecule has 2 aromatic rings. The highest BCUT2D eigenvalue weighted by Crippen LogP contribution is 2.07. The maximum absolute atomic E-state index is 12.1. The average molecular weight is 353 g/mol. The molecule has 136 valence electrons. The summed E-state index contributed by atoms with van der Waals surface area (Å²) in [5.74, 6) is -1.29. The van der Waals surface area contributed by atoms with Gasteiger partial charge in [-0.3, -0.25) is 9.59 Å². The van der Waals surface area contributed by atoms with E-state index in [4.69, 9.17) is 4.74 Å². The van der Waals surface area contributed by atoms with Crippen molar-refractivity contribution in [3.8, 4) is 0 Å². The predicted molar refractivity (Wildman–Crippen MR) is 99.2 cm³/mol. The minimum atomic E-state index is -0.849. The molecule has 0 heterocycles. The van der Waals surface area contributed by atoms with E-state index in [2.05, 4.69) is 5.32 Å². The Hall–Kier alpha value is -2.95. The van der Waals surface area contributed by atoms with E-state index in [1.807, 2.05) is 32.0 Å². The Morgan fingerprint density at radius 3 is 2.35 bits per heavy atom. The molecule has 0 spiro atoms. The Labute approximate surface area is 153 Å². The zero-order valence-electron chi connectivity index (χ0n) is 15.2. The maximum Gasteiger partial charge on any atom is 0.328 e. The number of Topliss-reactive ketones (excluding diaryl/α,β-unsaturated/α-hetero) is 1. The van der Waals surface area contributed by atoms with E-state index in [0.717, 1.165) is 17.5 Å². The predicted octanol–water partition coefficient (Wildman–Crippen LogP) is 3.10. The minimum absolute atomic E-state index is 0.279. The van der Waals surface area contributed by atoms with Gasteiger partial charge >= 0.3 is 5.97 Å². The molecule has 0 aromatic heterocycles. The molecule has 1 atom stereocenters. The van der Waals surface area contributed by atoms with Gasteiger partial charge in [0.15, 0.2) is 12.4 Å². The number of rotatable bonds is 7. The molecule has 26 heavy (non-hydrogen) atoms. The maximum atomic E-state index is 12.1. The third-order valence-electron chi connectivity index (χ3n) is 4.01. The number of carbonyl (C=O) groups is 3. The van der Waals surface area contributed by atoms with Gasteiger partial charge in [0.05, 0.1) is 0 Å². The van der Waals surface area contributed by atoms with Crippen molar-refractivity contribution < 1.29 is 19.1 Å². The van der Waals surface area contributed by atoms with Crippen molar-refractivity contribution in [2.45, 2.75) is 33.2 Å². The zero-order chi connectivity index (χ0) is 19.1. The molecule has 1 amide bonds. The highest BCUT2D eigenvalue weighted by Gasteiger charge is 2.19. The lowest BCUT2D eigenvalue weighted by atomic mass is 10.1. The van der Waals surface area contributed by atoms with Crippen LogP contribution in [0.25, 0.3) is 0 Å². The van der Waals surface area contributed by atoms with Crippen molar-refractivity contribution >= 4 is 17.7 Å². The SMILES string of the molecule is CCc1ccc(C(=O)COC(=O)[C@H](C)NC(=O)c2cccc(C)c2)cc1. The van der Waals surface area contributed by atoms with Crippen LogP contribution < -0.4 is 5.32 Å². The summed E-state index contributed by atoms with van der Waals surface area (Å²) in [5, 5.41) is 2.58. The summed E-state index contributed by atoms with van der Waals surface area (Å²) in [4.78, 5) is 36.3. The number of carbonyl (C=O) groups excluding carboxylic acids is 3. The lowest BCUT2D eigenvalue weighted by molar-refractivity contribution is -0.144. The number of ketones is 1. The number of hydrogen-bond donors (Lipinski definition) is 1. The van der Waals surface area contributed by atoms with Crippen molar-refractivity contribution in [3.63, 3.8) is 0 Å². The van der Waals surface area contributed by atoms with Gasteiger partial charge in [0.2, 0.25) is 0 Å². The fraction of sp³-hybridized carbons (Fsp3) is 0.286. The first kappa shape index (κ1) is 19.4. The van der Waals surface area contributed by atoms with Crippen molar-refractivity contribution in [2.24, 2.45) is 0 Å². The van der Waals surface area contributed by atoms with Crippen LogP contribution in [0.5, 0.6) is 0 Å². The number of nitrogens with one attached hydrogen (secondary N) is 1. The van der Waals surface area contributed by atoms with E-state index in [9.17, 15) is 14.4 Å². The normalized spacial score (nSPS) is 11.5. The lowest BCUT2D eigenvalue weighted by Gasteiger charge is -2.13. The van der Waals surface area contributed by atoms with Gasteiger partial charge in [0.1, 0.15) is 6.04 Å². The van der Waals surface area contributed by atoms with Crippen LogP contribution in [0.1, 0.15) is 45.7 Å². The molecule has 5 nitrogen and oxygen atoms in total. The van der Waals surface area contributed by atoms with E-state index in [1.165, 1.54) is 6.92 Å². The molecule has 2 rings (SSSR count). The van der Waals surface area contributed by atoms with E-state index in [0.29, 0.717) is 11.1 Å². The van der Waals surface area contributed by atoms with Gasteiger partial charge in [0.25, 0.3) is 5.91 Å². The van der Waals surface area contributed by atoms with Gasteiger partial charge < -0.3 is 10.1 Å². The van der Waals surface area contributed by atoms with Crippen molar-refractivity contribution in [1.82, 2.24) is 5.32 Å². The molecule has 0 bridgehead atoms. The van der Waals surface area contributed by atoms with Crippen molar-refractivity contribution in [2.75, 3.05) is 6.61 Å². The zero-order valence-corrected chi connectivity index (χ0v) is 15.2. The van der Waals surface area contributed by atoms with Crippen LogP contribution in [0.15, 0.2) is 48.5 Å². The minimum Gasteiger partial charge on any atom is -0.456 e. The van der Waals surface area contributed by atoms with E-state index in [1.54, 1.807) is 30.3 Å². The smallest absolute Gasteiger partial charge is 0.328 e. The molecule has 0 saturated heterocycles. The van der Waals surface area contributed by atoms with E-state index < -0.39 is 12.0 Å². The Balaban J connectivity index is 1.86. The monoisotopic (exact) mass is 353 g/mol. The summed E-state index contributed by atoms with van der Waals surface area (Å²) in [5.41, 5.74) is 3.04. The third-order valence-corrected chi connectivity index (χ3v) is 4.01. The summed E-state index contributed by atoms with van der Waals surface area (Å²) in [6, 6.07) is 13.4. The first-order valence-corrected chi connectivity index (χ1v) is 8.57. The molecule has 2 aromatic carbocycles. The average Bonchev–Trinajstić information content (AvgIpc) is 2.65. The van der Waals surface area contributed by atoms with Gasteiger partial charge in [-0.1, -0.05) is 48.9 Å². The molecule has 0 aliphatic carbocycles. The highest BCUT2D eigenvalue weighted by molar-refractivity contribution is 5.99. The van der Waals surface area contributed by atoms with Gasteiger partial charge in [-0.25, -0.2) is 4.79 Å². The number of amides is 1. The number of hydrogen-bond acceptors (Lipinski definition) is 4. The fourth-order valence-corrected chi connectivity index (χ4v) is 2.40. The molecular formula is C21H23NO4. The fourth-order valence-electron chi connectivity index (χ4n) is 2.40. The quantitative estimate of drug-likeness (QED) is 0.613. The largest absolute Gasteiger partial charge is 0.456 e. The number of aryl methyl sites for hydroxylation is 2. The first-order valence-electron chi connectivity index (χ1n) is 8.57. The Bertz CT molecular complexity index is 796. The second-order valence-electron chi connectivity index (χ2n) is 6.15. The molecule has 0 unspecified atom stereocenters. The van der Waals surface area contributed by atoms with Crippen LogP contribution in [0.3, 0.4) is 0 Å². The highest BCUT2D eigenvalue weighted by atomic mass is 16.5. The summed E-state index contributed by atoms with van der Waals surface area (Å²) in [6.07, 6.45) is 0.890. The lowest BCUT2D eigenvalue weighted by Crippen LogP contribution is -2.40. The van der Waals surface area contributed by atoms with Gasteiger partial charge in [-0.15, -0.1) is 0 Å². The third kappa shape index (κ3) is 5.28. The Morgan fingerprint density at radius 1 is 1.04 bits per heavy atom. The van der Waals surface area contributed by atoms with E-state index >= 15 is 0 Å².